The first kappa shape index (κ1) is 10.1. The summed E-state index contributed by atoms with van der Waals surface area (Å²) in [5, 5.41) is 11.1. The lowest BCUT2D eigenvalue weighted by molar-refractivity contribution is -0.403. The summed E-state index contributed by atoms with van der Waals surface area (Å²) < 4.78 is 5.20. The van der Waals surface area contributed by atoms with E-state index in [1.807, 2.05) is 17.0 Å². The van der Waals surface area contributed by atoms with Crippen molar-refractivity contribution in [1.82, 2.24) is 4.90 Å². The van der Waals surface area contributed by atoms with Crippen LogP contribution in [0.5, 0.6) is 0 Å². The van der Waals surface area contributed by atoms with Gasteiger partial charge in [0.2, 0.25) is 0 Å². The smallest absolute Gasteiger partial charge is 0.264 e. The highest BCUT2D eigenvalue weighted by atomic mass is 32.2. The Kier molecular flexibility index (Phi) is 2.96. The fourth-order valence-corrected chi connectivity index (χ4v) is 2.44. The van der Waals surface area contributed by atoms with E-state index in [4.69, 9.17) is 4.42 Å². The first-order chi connectivity index (χ1) is 7.25. The van der Waals surface area contributed by atoms with Gasteiger partial charge in [0, 0.05) is 12.3 Å². The van der Waals surface area contributed by atoms with Gasteiger partial charge in [-0.15, -0.1) is 11.8 Å². The van der Waals surface area contributed by atoms with Gasteiger partial charge < -0.3 is 9.32 Å². The van der Waals surface area contributed by atoms with Gasteiger partial charge in [0.1, 0.15) is 10.8 Å². The molecule has 0 unspecified atom stereocenters. The molecule has 1 aliphatic rings. The Morgan fingerprint density at radius 2 is 2.60 bits per heavy atom. The van der Waals surface area contributed by atoms with E-state index in [0.717, 1.165) is 24.3 Å². The second-order valence-corrected chi connectivity index (χ2v) is 4.22. The molecule has 0 saturated carbocycles. The zero-order chi connectivity index (χ0) is 10.7. The average molecular weight is 226 g/mol. The molecule has 1 aromatic rings. The van der Waals surface area contributed by atoms with Crippen LogP contribution < -0.4 is 0 Å². The Bertz CT molecular complexity index is 375. The van der Waals surface area contributed by atoms with Gasteiger partial charge >= 0.3 is 0 Å². The van der Waals surface area contributed by atoms with Crippen molar-refractivity contribution in [2.45, 2.75) is 6.54 Å². The number of thioether (sulfide) groups is 1. The van der Waals surface area contributed by atoms with Gasteiger partial charge in [0.05, 0.1) is 17.7 Å². The molecule has 1 aromatic heterocycles. The standard InChI is InChI=1S/C9H10N2O3S/c12-11(13)7-9-10(3-5-15-9)6-8-2-1-4-14-8/h1-2,4,7H,3,5-6H2/b9-7+. The topological polar surface area (TPSA) is 59.5 Å². The highest BCUT2D eigenvalue weighted by Crippen LogP contribution is 2.29. The fraction of sp³-hybridized carbons (Fsp3) is 0.333. The first-order valence-electron chi connectivity index (χ1n) is 4.51. The molecule has 2 heterocycles. The number of hydrogen-bond acceptors (Lipinski definition) is 5. The number of rotatable bonds is 3. The largest absolute Gasteiger partial charge is 0.467 e. The summed E-state index contributed by atoms with van der Waals surface area (Å²) in [5.41, 5.74) is 0. The predicted molar refractivity (Wildman–Crippen MR) is 56.7 cm³/mol. The third-order valence-electron chi connectivity index (χ3n) is 2.07. The van der Waals surface area contributed by atoms with Crippen LogP contribution in [0.25, 0.3) is 0 Å². The van der Waals surface area contributed by atoms with Crippen LogP contribution >= 0.6 is 11.8 Å². The van der Waals surface area contributed by atoms with Crippen LogP contribution in [0, 0.1) is 10.1 Å². The lowest BCUT2D eigenvalue weighted by Crippen LogP contribution is -2.17. The molecule has 2 rings (SSSR count). The summed E-state index contributed by atoms with van der Waals surface area (Å²) in [6, 6.07) is 3.68. The van der Waals surface area contributed by atoms with Crippen LogP contribution in [-0.2, 0) is 6.54 Å². The minimum Gasteiger partial charge on any atom is -0.467 e. The van der Waals surface area contributed by atoms with Crippen molar-refractivity contribution >= 4 is 11.8 Å². The lowest BCUT2D eigenvalue weighted by atomic mass is 10.4. The molecular weight excluding hydrogens is 216 g/mol. The summed E-state index contributed by atoms with van der Waals surface area (Å²) in [4.78, 5) is 11.9. The summed E-state index contributed by atoms with van der Waals surface area (Å²) in [5.74, 6) is 1.71. The molecule has 0 spiro atoms. The highest BCUT2D eigenvalue weighted by Gasteiger charge is 2.21. The summed E-state index contributed by atoms with van der Waals surface area (Å²) >= 11 is 1.50. The quantitative estimate of drug-likeness (QED) is 0.582. The van der Waals surface area contributed by atoms with Gasteiger partial charge in [-0.05, 0) is 12.1 Å². The maximum Gasteiger partial charge on any atom is 0.264 e. The zero-order valence-electron chi connectivity index (χ0n) is 7.96. The minimum atomic E-state index is -0.414. The molecule has 0 amide bonds. The third kappa shape index (κ3) is 2.53. The molecule has 0 N–H and O–H groups in total. The maximum absolute atomic E-state index is 10.4. The van der Waals surface area contributed by atoms with Gasteiger partial charge in [-0.3, -0.25) is 10.1 Å². The van der Waals surface area contributed by atoms with Crippen LogP contribution in [0.4, 0.5) is 0 Å². The van der Waals surface area contributed by atoms with E-state index in [1.54, 1.807) is 6.26 Å². The number of furan rings is 1. The van der Waals surface area contributed by atoms with Crippen molar-refractivity contribution < 1.29 is 9.34 Å². The second kappa shape index (κ2) is 4.39. The molecule has 0 atom stereocenters. The van der Waals surface area contributed by atoms with E-state index < -0.39 is 4.92 Å². The van der Waals surface area contributed by atoms with E-state index >= 15 is 0 Å². The predicted octanol–water partition coefficient (Wildman–Crippen LogP) is 1.90. The van der Waals surface area contributed by atoms with Crippen molar-refractivity contribution in [3.8, 4) is 0 Å². The Morgan fingerprint density at radius 3 is 3.27 bits per heavy atom. The van der Waals surface area contributed by atoms with Crippen LogP contribution in [0.2, 0.25) is 0 Å². The van der Waals surface area contributed by atoms with Gasteiger partial charge in [0.15, 0.2) is 0 Å². The monoisotopic (exact) mass is 226 g/mol. The third-order valence-corrected chi connectivity index (χ3v) is 3.11. The van der Waals surface area contributed by atoms with E-state index in [2.05, 4.69) is 0 Å². The molecule has 0 radical (unpaired) electrons. The van der Waals surface area contributed by atoms with Crippen LogP contribution in [0.15, 0.2) is 34.0 Å². The molecule has 0 aromatic carbocycles. The SMILES string of the molecule is O=[N+]([O-])/C=C1/SCCN1Cc1ccco1. The van der Waals surface area contributed by atoms with Gasteiger partial charge in [-0.25, -0.2) is 0 Å². The van der Waals surface area contributed by atoms with Crippen LogP contribution in [-0.4, -0.2) is 22.1 Å². The summed E-state index contributed by atoms with van der Waals surface area (Å²) in [6.07, 6.45) is 2.66. The Balaban J connectivity index is 2.05. The highest BCUT2D eigenvalue weighted by molar-refractivity contribution is 8.03. The Hall–Kier alpha value is -1.43. The Labute approximate surface area is 90.9 Å². The fourth-order valence-electron chi connectivity index (χ4n) is 1.42. The normalized spacial score (nSPS) is 18.7. The molecule has 1 fully saturated rings. The van der Waals surface area contributed by atoms with Crippen LogP contribution in [0.3, 0.4) is 0 Å². The molecule has 1 saturated heterocycles. The van der Waals surface area contributed by atoms with Gasteiger partial charge in [-0.2, -0.15) is 0 Å². The van der Waals surface area contributed by atoms with Crippen molar-refractivity contribution in [2.24, 2.45) is 0 Å². The van der Waals surface area contributed by atoms with Crippen molar-refractivity contribution in [2.75, 3.05) is 12.3 Å². The van der Waals surface area contributed by atoms with Gasteiger partial charge in [0.25, 0.3) is 6.20 Å². The molecule has 5 nitrogen and oxygen atoms in total. The molecule has 0 aliphatic carbocycles. The van der Waals surface area contributed by atoms with E-state index in [9.17, 15) is 10.1 Å². The number of nitrogens with zero attached hydrogens (tertiary/aromatic N) is 2. The lowest BCUT2D eigenvalue weighted by Gasteiger charge is -2.14. The number of nitro groups is 1. The molecule has 0 bridgehead atoms. The second-order valence-electron chi connectivity index (χ2n) is 3.10. The van der Waals surface area contributed by atoms with E-state index in [0.29, 0.717) is 11.6 Å². The summed E-state index contributed by atoms with van der Waals surface area (Å²) in [7, 11) is 0. The molecule has 6 heteroatoms. The van der Waals surface area contributed by atoms with Crippen LogP contribution in [0.1, 0.15) is 5.76 Å². The first-order valence-corrected chi connectivity index (χ1v) is 5.50. The maximum atomic E-state index is 10.4. The van der Waals surface area contributed by atoms with Gasteiger partial charge in [-0.1, -0.05) is 0 Å². The molecule has 80 valence electrons. The van der Waals surface area contributed by atoms with Crippen molar-refractivity contribution in [3.05, 3.63) is 45.5 Å². The molecular formula is C9H10N2O3S. The van der Waals surface area contributed by atoms with Crippen molar-refractivity contribution in [3.63, 3.8) is 0 Å². The molecule has 15 heavy (non-hydrogen) atoms. The Morgan fingerprint density at radius 1 is 1.73 bits per heavy atom. The average Bonchev–Trinajstić information content (AvgIpc) is 2.78. The minimum absolute atomic E-state index is 0.414. The van der Waals surface area contributed by atoms with E-state index in [-0.39, 0.29) is 0 Å². The summed E-state index contributed by atoms with van der Waals surface area (Å²) in [6.45, 7) is 1.42. The van der Waals surface area contributed by atoms with E-state index in [1.165, 1.54) is 11.8 Å². The van der Waals surface area contributed by atoms with Crippen molar-refractivity contribution in [1.29, 1.82) is 0 Å². The zero-order valence-corrected chi connectivity index (χ0v) is 8.77. The molecule has 1 aliphatic heterocycles. The number of hydrogen-bond donors (Lipinski definition) is 0.